The topological polar surface area (TPSA) is 110 Å². The molecule has 0 spiro atoms. The molecule has 0 aliphatic heterocycles. The Hall–Kier alpha value is -2.18. The molecule has 1 heterocycles. The first-order chi connectivity index (χ1) is 9.32. The number of nitrogens with two attached hydrogens (primary N) is 1. The molecule has 3 amide bonds. The fourth-order valence-corrected chi connectivity index (χ4v) is 1.72. The van der Waals surface area contributed by atoms with Crippen LogP contribution in [0.25, 0.3) is 0 Å². The lowest BCUT2D eigenvalue weighted by Gasteiger charge is -2.19. The second-order valence-corrected chi connectivity index (χ2v) is 5.20. The molecule has 0 radical (unpaired) electrons. The van der Waals surface area contributed by atoms with E-state index in [1.54, 1.807) is 20.0 Å². The summed E-state index contributed by atoms with van der Waals surface area (Å²) in [4.78, 5) is 31.1. The number of carbonyl (C=O) groups excluding carboxylic acids is 2. The highest BCUT2D eigenvalue weighted by molar-refractivity contribution is 5.93. The highest BCUT2D eigenvalue weighted by atomic mass is 16.2. The first kappa shape index (κ1) is 15.9. The Morgan fingerprint density at radius 2 is 1.90 bits per heavy atom. The quantitative estimate of drug-likeness (QED) is 0.752. The van der Waals surface area contributed by atoms with E-state index >= 15 is 0 Å². The number of nitrogens with one attached hydrogen (secondary N) is 2. The minimum absolute atomic E-state index is 0.0896. The van der Waals surface area contributed by atoms with Crippen molar-refractivity contribution in [3.8, 4) is 0 Å². The Labute approximate surface area is 118 Å². The van der Waals surface area contributed by atoms with E-state index in [0.717, 1.165) is 5.56 Å². The molecule has 1 rings (SSSR count). The predicted molar refractivity (Wildman–Crippen MR) is 76.1 cm³/mol. The third kappa shape index (κ3) is 4.18. The highest BCUT2D eigenvalue weighted by Crippen LogP contribution is 2.20. The standard InChI is InChI=1S/C13H21N5O2/c1-7(2)9-5-15-6-16-12(9)18-13(20)17-10(8(3)4)11(14)19/h5-8,10H,1-4H3,(H2,14,19)(H2,15,16,17,18,20). The highest BCUT2D eigenvalue weighted by Gasteiger charge is 2.22. The van der Waals surface area contributed by atoms with Crippen LogP contribution in [-0.2, 0) is 4.79 Å². The van der Waals surface area contributed by atoms with Gasteiger partial charge in [0.2, 0.25) is 5.91 Å². The van der Waals surface area contributed by atoms with Gasteiger partial charge in [-0.15, -0.1) is 0 Å². The molecule has 0 aliphatic carbocycles. The van der Waals surface area contributed by atoms with Crippen LogP contribution in [0, 0.1) is 5.92 Å². The number of anilines is 1. The molecule has 0 saturated heterocycles. The Morgan fingerprint density at radius 1 is 1.25 bits per heavy atom. The van der Waals surface area contributed by atoms with Gasteiger partial charge in [0.25, 0.3) is 0 Å². The molecule has 1 unspecified atom stereocenters. The fraction of sp³-hybridized carbons (Fsp3) is 0.538. The van der Waals surface area contributed by atoms with Crippen LogP contribution in [-0.4, -0.2) is 27.9 Å². The fourth-order valence-electron chi connectivity index (χ4n) is 1.72. The third-order valence-electron chi connectivity index (χ3n) is 2.85. The maximum atomic E-state index is 11.9. The van der Waals surface area contributed by atoms with Gasteiger partial charge in [0, 0.05) is 11.8 Å². The molecule has 7 heteroatoms. The van der Waals surface area contributed by atoms with E-state index in [2.05, 4.69) is 20.6 Å². The number of aromatic nitrogens is 2. The Balaban J connectivity index is 2.79. The lowest BCUT2D eigenvalue weighted by atomic mass is 10.0. The summed E-state index contributed by atoms with van der Waals surface area (Å²) >= 11 is 0. The van der Waals surface area contributed by atoms with E-state index in [0.29, 0.717) is 5.82 Å². The van der Waals surface area contributed by atoms with Crippen LogP contribution in [0.4, 0.5) is 10.6 Å². The van der Waals surface area contributed by atoms with Gasteiger partial charge in [-0.25, -0.2) is 14.8 Å². The number of rotatable bonds is 5. The lowest BCUT2D eigenvalue weighted by Crippen LogP contribution is -2.49. The van der Waals surface area contributed by atoms with Gasteiger partial charge in [-0.3, -0.25) is 10.1 Å². The number of hydrogen-bond donors (Lipinski definition) is 3. The van der Waals surface area contributed by atoms with Crippen molar-refractivity contribution < 1.29 is 9.59 Å². The van der Waals surface area contributed by atoms with Crippen LogP contribution in [0.1, 0.15) is 39.2 Å². The number of nitrogens with zero attached hydrogens (tertiary/aromatic N) is 2. The van der Waals surface area contributed by atoms with Crippen molar-refractivity contribution in [3.63, 3.8) is 0 Å². The summed E-state index contributed by atoms with van der Waals surface area (Å²) in [6.07, 6.45) is 3.01. The first-order valence-electron chi connectivity index (χ1n) is 6.49. The van der Waals surface area contributed by atoms with Crippen LogP contribution < -0.4 is 16.4 Å². The van der Waals surface area contributed by atoms with Crippen LogP contribution in [0.3, 0.4) is 0 Å². The van der Waals surface area contributed by atoms with Crippen molar-refractivity contribution in [2.24, 2.45) is 11.7 Å². The monoisotopic (exact) mass is 279 g/mol. The molecule has 0 fully saturated rings. The molecule has 0 bridgehead atoms. The zero-order chi connectivity index (χ0) is 15.3. The smallest absolute Gasteiger partial charge is 0.321 e. The largest absolute Gasteiger partial charge is 0.368 e. The van der Waals surface area contributed by atoms with Gasteiger partial charge >= 0.3 is 6.03 Å². The normalized spacial score (nSPS) is 12.3. The molecule has 4 N–H and O–H groups in total. The number of urea groups is 1. The molecule has 20 heavy (non-hydrogen) atoms. The number of primary amides is 1. The minimum atomic E-state index is -0.723. The first-order valence-corrected chi connectivity index (χ1v) is 6.49. The summed E-state index contributed by atoms with van der Waals surface area (Å²) in [7, 11) is 0. The number of amides is 3. The average Bonchev–Trinajstić information content (AvgIpc) is 2.35. The Bertz CT molecular complexity index is 487. The van der Waals surface area contributed by atoms with E-state index in [-0.39, 0.29) is 11.8 Å². The van der Waals surface area contributed by atoms with Crippen LogP contribution in [0.15, 0.2) is 12.5 Å². The summed E-state index contributed by atoms with van der Waals surface area (Å²) in [5.74, 6) is -0.0573. The third-order valence-corrected chi connectivity index (χ3v) is 2.85. The van der Waals surface area contributed by atoms with Gasteiger partial charge in [0.05, 0.1) is 0 Å². The second kappa shape index (κ2) is 6.83. The van der Waals surface area contributed by atoms with Crippen LogP contribution >= 0.6 is 0 Å². The van der Waals surface area contributed by atoms with Gasteiger partial charge in [0.15, 0.2) is 0 Å². The van der Waals surface area contributed by atoms with E-state index in [4.69, 9.17) is 5.73 Å². The van der Waals surface area contributed by atoms with Crippen LogP contribution in [0.2, 0.25) is 0 Å². The number of carbonyl (C=O) groups is 2. The molecule has 0 aliphatic rings. The summed E-state index contributed by atoms with van der Waals surface area (Å²) < 4.78 is 0. The summed E-state index contributed by atoms with van der Waals surface area (Å²) in [6.45, 7) is 7.56. The van der Waals surface area contributed by atoms with Gasteiger partial charge in [0.1, 0.15) is 18.2 Å². The molecule has 1 aromatic heterocycles. The Kier molecular flexibility index (Phi) is 5.42. The summed E-state index contributed by atoms with van der Waals surface area (Å²) in [6, 6.07) is -1.23. The Morgan fingerprint density at radius 3 is 2.40 bits per heavy atom. The molecular weight excluding hydrogens is 258 g/mol. The van der Waals surface area contributed by atoms with E-state index in [1.807, 2.05) is 13.8 Å². The lowest BCUT2D eigenvalue weighted by molar-refractivity contribution is -0.120. The molecule has 0 aromatic carbocycles. The van der Waals surface area contributed by atoms with Gasteiger partial charge < -0.3 is 11.1 Å². The van der Waals surface area contributed by atoms with E-state index < -0.39 is 18.0 Å². The molecule has 0 saturated carbocycles. The van der Waals surface area contributed by atoms with Crippen molar-refractivity contribution in [2.75, 3.05) is 5.32 Å². The van der Waals surface area contributed by atoms with E-state index in [9.17, 15) is 9.59 Å². The second-order valence-electron chi connectivity index (χ2n) is 5.20. The van der Waals surface area contributed by atoms with Gasteiger partial charge in [-0.2, -0.15) is 0 Å². The zero-order valence-corrected chi connectivity index (χ0v) is 12.2. The average molecular weight is 279 g/mol. The van der Waals surface area contributed by atoms with Crippen molar-refractivity contribution in [2.45, 2.75) is 39.7 Å². The van der Waals surface area contributed by atoms with Gasteiger partial charge in [-0.05, 0) is 11.8 Å². The van der Waals surface area contributed by atoms with Crippen molar-refractivity contribution in [3.05, 3.63) is 18.1 Å². The number of hydrogen-bond acceptors (Lipinski definition) is 4. The molecule has 1 atom stereocenters. The summed E-state index contributed by atoms with van der Waals surface area (Å²) in [5, 5.41) is 5.17. The molecule has 110 valence electrons. The maximum absolute atomic E-state index is 11.9. The minimum Gasteiger partial charge on any atom is -0.368 e. The van der Waals surface area contributed by atoms with Crippen molar-refractivity contribution >= 4 is 17.8 Å². The SMILES string of the molecule is CC(C)c1cncnc1NC(=O)NC(C(N)=O)C(C)C. The molecule has 1 aromatic rings. The molecular formula is C13H21N5O2. The molecule has 7 nitrogen and oxygen atoms in total. The van der Waals surface area contributed by atoms with Crippen molar-refractivity contribution in [1.29, 1.82) is 0 Å². The summed E-state index contributed by atoms with van der Waals surface area (Å²) in [5.41, 5.74) is 6.07. The van der Waals surface area contributed by atoms with Crippen molar-refractivity contribution in [1.82, 2.24) is 15.3 Å². The van der Waals surface area contributed by atoms with Crippen LogP contribution in [0.5, 0.6) is 0 Å². The van der Waals surface area contributed by atoms with Gasteiger partial charge in [-0.1, -0.05) is 27.7 Å². The van der Waals surface area contributed by atoms with E-state index in [1.165, 1.54) is 6.33 Å². The zero-order valence-electron chi connectivity index (χ0n) is 12.2. The predicted octanol–water partition coefficient (Wildman–Crippen LogP) is 1.23. The maximum Gasteiger partial charge on any atom is 0.321 e.